The Balaban J connectivity index is 1.89. The maximum absolute atomic E-state index is 4.31. The Morgan fingerprint density at radius 2 is 2.53 bits per heavy atom. The second-order valence-electron chi connectivity index (χ2n) is 4.42. The number of aromatic nitrogens is 2. The highest BCUT2D eigenvalue weighted by Gasteiger charge is 2.23. The van der Waals surface area contributed by atoms with Gasteiger partial charge in [0.05, 0.1) is 0 Å². The number of imidazole rings is 1. The van der Waals surface area contributed by atoms with Crippen molar-refractivity contribution < 1.29 is 0 Å². The molecule has 82 valence electrons. The quantitative estimate of drug-likeness (QED) is 0.724. The van der Waals surface area contributed by atoms with Crippen LogP contribution in [0.5, 0.6) is 0 Å². The molecule has 2 rings (SSSR count). The largest absolute Gasteiger partial charge is 0.353 e. The third-order valence-electron chi connectivity index (χ3n) is 2.80. The molecule has 1 saturated carbocycles. The minimum absolute atomic E-state index is 0.517. The number of nitrogens with one attached hydrogen (secondary N) is 1. The minimum atomic E-state index is 0.517. The Morgan fingerprint density at radius 3 is 3.20 bits per heavy atom. The number of rotatable bonds is 6. The van der Waals surface area contributed by atoms with Crippen LogP contribution >= 0.6 is 0 Å². The van der Waals surface area contributed by atoms with E-state index in [4.69, 9.17) is 0 Å². The molecule has 0 aromatic carbocycles. The van der Waals surface area contributed by atoms with Crippen molar-refractivity contribution in [2.24, 2.45) is 5.92 Å². The molecule has 3 nitrogen and oxygen atoms in total. The summed E-state index contributed by atoms with van der Waals surface area (Å²) in [6.07, 6.45) is 9.78. The molecule has 1 atom stereocenters. The van der Waals surface area contributed by atoms with Crippen molar-refractivity contribution in [3.05, 3.63) is 25.0 Å². The highest BCUT2D eigenvalue weighted by atomic mass is 15.2. The van der Waals surface area contributed by atoms with Gasteiger partial charge in [-0.25, -0.2) is 4.98 Å². The van der Waals surface area contributed by atoms with Crippen molar-refractivity contribution >= 4 is 5.95 Å². The average Bonchev–Trinajstić information content (AvgIpc) is 2.90. The normalized spacial score (nSPS) is 17.4. The first-order valence-electron chi connectivity index (χ1n) is 5.68. The van der Waals surface area contributed by atoms with Crippen LogP contribution in [-0.4, -0.2) is 15.6 Å². The van der Waals surface area contributed by atoms with Gasteiger partial charge in [-0.3, -0.25) is 0 Å². The third kappa shape index (κ3) is 2.85. The smallest absolute Gasteiger partial charge is 0.203 e. The van der Waals surface area contributed by atoms with E-state index in [2.05, 4.69) is 28.4 Å². The summed E-state index contributed by atoms with van der Waals surface area (Å²) in [6.45, 7) is 6.78. The monoisotopic (exact) mass is 205 g/mol. The molecular weight excluding hydrogens is 186 g/mol. The molecule has 0 amide bonds. The lowest BCUT2D eigenvalue weighted by atomic mass is 10.2. The first kappa shape index (κ1) is 10.3. The van der Waals surface area contributed by atoms with E-state index in [1.165, 1.54) is 19.3 Å². The van der Waals surface area contributed by atoms with E-state index in [9.17, 15) is 0 Å². The second-order valence-corrected chi connectivity index (χ2v) is 4.42. The van der Waals surface area contributed by atoms with Crippen LogP contribution in [0, 0.1) is 5.92 Å². The van der Waals surface area contributed by atoms with E-state index in [0.717, 1.165) is 18.4 Å². The van der Waals surface area contributed by atoms with Gasteiger partial charge >= 0.3 is 0 Å². The molecular formula is C12H19N3. The van der Waals surface area contributed by atoms with Crippen LogP contribution in [0.15, 0.2) is 25.0 Å². The lowest BCUT2D eigenvalue weighted by Gasteiger charge is -2.14. The summed E-state index contributed by atoms with van der Waals surface area (Å²) in [7, 11) is 0. The summed E-state index contributed by atoms with van der Waals surface area (Å²) < 4.78 is 2.08. The van der Waals surface area contributed by atoms with E-state index in [-0.39, 0.29) is 0 Å². The molecule has 0 saturated heterocycles. The number of nitrogens with zero attached hydrogens (tertiary/aromatic N) is 2. The fourth-order valence-electron chi connectivity index (χ4n) is 1.87. The molecule has 0 aliphatic heterocycles. The van der Waals surface area contributed by atoms with Gasteiger partial charge in [-0.05, 0) is 19.3 Å². The first-order chi connectivity index (χ1) is 7.29. The zero-order valence-corrected chi connectivity index (χ0v) is 9.32. The molecule has 0 spiro atoms. The van der Waals surface area contributed by atoms with E-state index < -0.39 is 0 Å². The predicted octanol–water partition coefficient (Wildman–Crippen LogP) is 2.67. The number of hydrogen-bond acceptors (Lipinski definition) is 2. The Morgan fingerprint density at radius 1 is 1.73 bits per heavy atom. The van der Waals surface area contributed by atoms with Crippen molar-refractivity contribution in [3.8, 4) is 0 Å². The lowest BCUT2D eigenvalue weighted by molar-refractivity contribution is 0.631. The Kier molecular flexibility index (Phi) is 3.09. The average molecular weight is 205 g/mol. The fourth-order valence-corrected chi connectivity index (χ4v) is 1.87. The summed E-state index contributed by atoms with van der Waals surface area (Å²) in [6, 6.07) is 0.517. The Bertz CT molecular complexity index is 325. The number of hydrogen-bond donors (Lipinski definition) is 1. The molecule has 0 radical (unpaired) electrons. The minimum Gasteiger partial charge on any atom is -0.353 e. The van der Waals surface area contributed by atoms with Crippen LogP contribution in [0.1, 0.15) is 26.2 Å². The van der Waals surface area contributed by atoms with Gasteiger partial charge in [0.25, 0.3) is 0 Å². The highest BCUT2D eigenvalue weighted by Crippen LogP contribution is 2.33. The van der Waals surface area contributed by atoms with Gasteiger partial charge < -0.3 is 9.88 Å². The van der Waals surface area contributed by atoms with E-state index in [0.29, 0.717) is 6.04 Å². The third-order valence-corrected chi connectivity index (χ3v) is 2.80. The van der Waals surface area contributed by atoms with Crippen LogP contribution in [0.4, 0.5) is 5.95 Å². The van der Waals surface area contributed by atoms with Crippen LogP contribution in [0.25, 0.3) is 0 Å². The van der Waals surface area contributed by atoms with Gasteiger partial charge in [0.2, 0.25) is 5.95 Å². The zero-order valence-electron chi connectivity index (χ0n) is 9.32. The fraction of sp³-hybridized carbons (Fsp3) is 0.583. The number of anilines is 1. The van der Waals surface area contributed by atoms with Crippen molar-refractivity contribution in [1.29, 1.82) is 0 Å². The van der Waals surface area contributed by atoms with Crippen molar-refractivity contribution in [2.75, 3.05) is 5.32 Å². The Hall–Kier alpha value is -1.25. The maximum atomic E-state index is 4.31. The molecule has 1 aromatic rings. The van der Waals surface area contributed by atoms with E-state index in [1.807, 2.05) is 18.5 Å². The van der Waals surface area contributed by atoms with Crippen LogP contribution in [0.2, 0.25) is 0 Å². The second kappa shape index (κ2) is 4.51. The molecule has 1 aliphatic rings. The van der Waals surface area contributed by atoms with Crippen molar-refractivity contribution in [2.45, 2.75) is 38.8 Å². The molecule has 1 heterocycles. The predicted molar refractivity (Wildman–Crippen MR) is 62.8 cm³/mol. The first-order valence-corrected chi connectivity index (χ1v) is 5.68. The lowest BCUT2D eigenvalue weighted by Crippen LogP contribution is -2.18. The molecule has 3 heteroatoms. The standard InChI is InChI=1S/C12H19N3/c1-3-7-15-8-6-13-12(15)14-10(2)9-11-4-5-11/h3,6,8,10-11H,1,4-5,7,9H2,2H3,(H,13,14). The summed E-state index contributed by atoms with van der Waals surface area (Å²) in [5.74, 6) is 1.92. The van der Waals surface area contributed by atoms with Gasteiger partial charge in [0, 0.05) is 25.0 Å². The molecule has 0 bridgehead atoms. The summed E-state index contributed by atoms with van der Waals surface area (Å²) >= 11 is 0. The van der Waals surface area contributed by atoms with Crippen LogP contribution in [-0.2, 0) is 6.54 Å². The zero-order chi connectivity index (χ0) is 10.7. The Labute approximate surface area is 91.2 Å². The summed E-state index contributed by atoms with van der Waals surface area (Å²) in [4.78, 5) is 4.31. The maximum Gasteiger partial charge on any atom is 0.203 e. The molecule has 15 heavy (non-hydrogen) atoms. The highest BCUT2D eigenvalue weighted by molar-refractivity contribution is 5.27. The number of allylic oxidation sites excluding steroid dienone is 1. The molecule has 1 aromatic heterocycles. The topological polar surface area (TPSA) is 29.9 Å². The van der Waals surface area contributed by atoms with Crippen molar-refractivity contribution in [1.82, 2.24) is 9.55 Å². The van der Waals surface area contributed by atoms with Gasteiger partial charge in [0.1, 0.15) is 0 Å². The van der Waals surface area contributed by atoms with E-state index >= 15 is 0 Å². The molecule has 1 aliphatic carbocycles. The summed E-state index contributed by atoms with van der Waals surface area (Å²) in [5.41, 5.74) is 0. The molecule has 1 unspecified atom stereocenters. The van der Waals surface area contributed by atoms with Gasteiger partial charge in [-0.2, -0.15) is 0 Å². The summed E-state index contributed by atoms with van der Waals surface area (Å²) in [5, 5.41) is 3.45. The van der Waals surface area contributed by atoms with Gasteiger partial charge in [0.15, 0.2) is 0 Å². The van der Waals surface area contributed by atoms with Crippen LogP contribution < -0.4 is 5.32 Å². The van der Waals surface area contributed by atoms with E-state index in [1.54, 1.807) is 0 Å². The molecule has 1 fully saturated rings. The SMILES string of the molecule is C=CCn1ccnc1NC(C)CC1CC1. The van der Waals surface area contributed by atoms with Gasteiger partial charge in [-0.15, -0.1) is 6.58 Å². The molecule has 1 N–H and O–H groups in total. The van der Waals surface area contributed by atoms with Crippen LogP contribution in [0.3, 0.4) is 0 Å². The van der Waals surface area contributed by atoms with Gasteiger partial charge in [-0.1, -0.05) is 18.9 Å². The van der Waals surface area contributed by atoms with Crippen molar-refractivity contribution in [3.63, 3.8) is 0 Å².